The Morgan fingerprint density at radius 3 is 2.75 bits per heavy atom. The number of urea groups is 1. The second-order valence-corrected chi connectivity index (χ2v) is 5.28. The molecule has 0 bridgehead atoms. The maximum atomic E-state index is 12.0. The minimum atomic E-state index is -0.290. The van der Waals surface area contributed by atoms with Gasteiger partial charge in [0, 0.05) is 13.0 Å². The molecule has 0 atom stereocenters. The zero-order valence-corrected chi connectivity index (χ0v) is 13.4. The SMILES string of the molecule is Cc1n[nH]c(C)c1NC(=O)NCCc1nnnn1-c1ccccc1. The number of benzene rings is 1. The molecule has 9 nitrogen and oxygen atoms in total. The highest BCUT2D eigenvalue weighted by atomic mass is 16.2. The van der Waals surface area contributed by atoms with Crippen molar-refractivity contribution in [2.75, 3.05) is 11.9 Å². The highest BCUT2D eigenvalue weighted by Crippen LogP contribution is 2.15. The first kappa shape index (κ1) is 15.7. The third kappa shape index (κ3) is 3.40. The van der Waals surface area contributed by atoms with E-state index in [-0.39, 0.29) is 6.03 Å². The highest BCUT2D eigenvalue weighted by Gasteiger charge is 2.11. The number of carbonyl (C=O) groups excluding carboxylic acids is 1. The van der Waals surface area contributed by atoms with Gasteiger partial charge in [-0.3, -0.25) is 5.10 Å². The van der Waals surface area contributed by atoms with Crippen molar-refractivity contribution in [1.82, 2.24) is 35.7 Å². The summed E-state index contributed by atoms with van der Waals surface area (Å²) in [6, 6.07) is 9.32. The number of tetrazole rings is 1. The highest BCUT2D eigenvalue weighted by molar-refractivity contribution is 5.90. The van der Waals surface area contributed by atoms with Gasteiger partial charge in [0.1, 0.15) is 0 Å². The van der Waals surface area contributed by atoms with Crippen LogP contribution in [0.25, 0.3) is 5.69 Å². The van der Waals surface area contributed by atoms with Crippen molar-refractivity contribution in [2.24, 2.45) is 0 Å². The second kappa shape index (κ2) is 6.90. The molecule has 2 heterocycles. The van der Waals surface area contributed by atoms with E-state index in [0.29, 0.717) is 24.5 Å². The van der Waals surface area contributed by atoms with Crippen LogP contribution in [0.4, 0.5) is 10.5 Å². The van der Waals surface area contributed by atoms with E-state index >= 15 is 0 Å². The van der Waals surface area contributed by atoms with Crippen LogP contribution in [0, 0.1) is 13.8 Å². The van der Waals surface area contributed by atoms with E-state index in [0.717, 1.165) is 17.1 Å². The summed E-state index contributed by atoms with van der Waals surface area (Å²) >= 11 is 0. The number of nitrogens with zero attached hydrogens (tertiary/aromatic N) is 5. The van der Waals surface area contributed by atoms with Crippen molar-refractivity contribution in [3.05, 3.63) is 47.5 Å². The van der Waals surface area contributed by atoms with Gasteiger partial charge in [-0.2, -0.15) is 9.78 Å². The van der Waals surface area contributed by atoms with E-state index < -0.39 is 0 Å². The Balaban J connectivity index is 1.56. The molecule has 0 unspecified atom stereocenters. The first-order valence-corrected chi connectivity index (χ1v) is 7.54. The summed E-state index contributed by atoms with van der Waals surface area (Å²) in [6.45, 7) is 4.09. The van der Waals surface area contributed by atoms with Gasteiger partial charge in [0.25, 0.3) is 0 Å². The fraction of sp³-hybridized carbons (Fsp3) is 0.267. The molecule has 2 amide bonds. The lowest BCUT2D eigenvalue weighted by atomic mass is 10.3. The van der Waals surface area contributed by atoms with Crippen LogP contribution in [-0.2, 0) is 6.42 Å². The molecule has 0 spiro atoms. The van der Waals surface area contributed by atoms with Crippen LogP contribution in [0.5, 0.6) is 0 Å². The number of amides is 2. The second-order valence-electron chi connectivity index (χ2n) is 5.28. The number of aromatic amines is 1. The van der Waals surface area contributed by atoms with Crippen molar-refractivity contribution >= 4 is 11.7 Å². The molecule has 0 aliphatic carbocycles. The molecule has 0 saturated carbocycles. The first-order valence-electron chi connectivity index (χ1n) is 7.54. The summed E-state index contributed by atoms with van der Waals surface area (Å²) < 4.78 is 1.66. The van der Waals surface area contributed by atoms with Crippen molar-refractivity contribution in [3.8, 4) is 5.69 Å². The van der Waals surface area contributed by atoms with Crippen molar-refractivity contribution in [2.45, 2.75) is 20.3 Å². The first-order chi connectivity index (χ1) is 11.6. The number of aromatic nitrogens is 6. The third-order valence-corrected chi connectivity index (χ3v) is 3.54. The Kier molecular flexibility index (Phi) is 4.50. The Morgan fingerprint density at radius 1 is 1.25 bits per heavy atom. The normalized spacial score (nSPS) is 10.6. The topological polar surface area (TPSA) is 113 Å². The van der Waals surface area contributed by atoms with Crippen LogP contribution in [-0.4, -0.2) is 43.0 Å². The zero-order chi connectivity index (χ0) is 16.9. The van der Waals surface area contributed by atoms with Gasteiger partial charge in [-0.05, 0) is 36.4 Å². The van der Waals surface area contributed by atoms with Crippen LogP contribution in [0.15, 0.2) is 30.3 Å². The molecule has 9 heteroatoms. The van der Waals surface area contributed by atoms with Gasteiger partial charge in [0.05, 0.1) is 22.8 Å². The molecule has 0 radical (unpaired) electrons. The number of para-hydroxylation sites is 1. The number of nitrogens with one attached hydrogen (secondary N) is 3. The molecule has 2 aromatic heterocycles. The lowest BCUT2D eigenvalue weighted by molar-refractivity contribution is 0.252. The van der Waals surface area contributed by atoms with Crippen LogP contribution in [0.3, 0.4) is 0 Å². The zero-order valence-electron chi connectivity index (χ0n) is 13.4. The maximum Gasteiger partial charge on any atom is 0.319 e. The van der Waals surface area contributed by atoms with E-state index in [1.54, 1.807) is 4.68 Å². The minimum Gasteiger partial charge on any atom is -0.337 e. The Morgan fingerprint density at radius 2 is 2.04 bits per heavy atom. The van der Waals surface area contributed by atoms with Gasteiger partial charge in [-0.25, -0.2) is 4.79 Å². The van der Waals surface area contributed by atoms with E-state index in [1.165, 1.54) is 0 Å². The number of hydrogen-bond donors (Lipinski definition) is 3. The van der Waals surface area contributed by atoms with Gasteiger partial charge < -0.3 is 10.6 Å². The number of H-pyrrole nitrogens is 1. The van der Waals surface area contributed by atoms with Crippen molar-refractivity contribution in [3.63, 3.8) is 0 Å². The predicted octanol–water partition coefficient (Wildman–Crippen LogP) is 1.37. The maximum absolute atomic E-state index is 12.0. The molecule has 0 aliphatic heterocycles. The summed E-state index contributed by atoms with van der Waals surface area (Å²) in [5, 5.41) is 24.1. The summed E-state index contributed by atoms with van der Waals surface area (Å²) in [4.78, 5) is 12.0. The number of rotatable bonds is 5. The summed E-state index contributed by atoms with van der Waals surface area (Å²) in [5.41, 5.74) is 3.14. The Labute approximate surface area is 138 Å². The molecule has 1 aromatic carbocycles. The van der Waals surface area contributed by atoms with E-state index in [4.69, 9.17) is 0 Å². The van der Waals surface area contributed by atoms with Crippen molar-refractivity contribution in [1.29, 1.82) is 0 Å². The van der Waals surface area contributed by atoms with E-state index in [2.05, 4.69) is 36.4 Å². The smallest absolute Gasteiger partial charge is 0.319 e. The molecule has 0 saturated heterocycles. The van der Waals surface area contributed by atoms with Gasteiger partial charge in [-0.1, -0.05) is 18.2 Å². The molecule has 3 aromatic rings. The molecule has 3 rings (SSSR count). The quantitative estimate of drug-likeness (QED) is 0.655. The number of anilines is 1. The van der Waals surface area contributed by atoms with Crippen LogP contribution >= 0.6 is 0 Å². The summed E-state index contributed by atoms with van der Waals surface area (Å²) in [7, 11) is 0. The lowest BCUT2D eigenvalue weighted by Gasteiger charge is -2.08. The minimum absolute atomic E-state index is 0.290. The molecule has 0 aliphatic rings. The number of hydrogen-bond acceptors (Lipinski definition) is 5. The van der Waals surface area contributed by atoms with E-state index in [9.17, 15) is 4.79 Å². The van der Waals surface area contributed by atoms with Gasteiger partial charge >= 0.3 is 6.03 Å². The van der Waals surface area contributed by atoms with Gasteiger partial charge in [-0.15, -0.1) is 5.10 Å². The Bertz CT molecular complexity index is 804. The largest absolute Gasteiger partial charge is 0.337 e. The molecule has 124 valence electrons. The van der Waals surface area contributed by atoms with Crippen LogP contribution in [0.1, 0.15) is 17.2 Å². The summed E-state index contributed by atoms with van der Waals surface area (Å²) in [6.07, 6.45) is 0.513. The molecule has 3 N–H and O–H groups in total. The fourth-order valence-corrected chi connectivity index (χ4v) is 2.31. The fourth-order valence-electron chi connectivity index (χ4n) is 2.31. The lowest BCUT2D eigenvalue weighted by Crippen LogP contribution is -2.31. The molecule has 24 heavy (non-hydrogen) atoms. The molecular weight excluding hydrogens is 308 g/mol. The predicted molar refractivity (Wildman–Crippen MR) is 87.9 cm³/mol. The average Bonchev–Trinajstić information content (AvgIpc) is 3.17. The average molecular weight is 326 g/mol. The molecule has 0 fully saturated rings. The van der Waals surface area contributed by atoms with Gasteiger partial charge in [0.2, 0.25) is 0 Å². The Hall–Kier alpha value is -3.23. The van der Waals surface area contributed by atoms with E-state index in [1.807, 2.05) is 44.2 Å². The third-order valence-electron chi connectivity index (χ3n) is 3.54. The van der Waals surface area contributed by atoms with Gasteiger partial charge in [0.15, 0.2) is 5.82 Å². The summed E-state index contributed by atoms with van der Waals surface area (Å²) in [5.74, 6) is 0.678. The standard InChI is InChI=1S/C15H18N8O/c1-10-14(11(2)19-18-10)17-15(24)16-9-8-13-20-21-22-23(13)12-6-4-3-5-7-12/h3-7H,8-9H2,1-2H3,(H,18,19)(H2,16,17,24). The number of carbonyl (C=O) groups is 1. The van der Waals surface area contributed by atoms with Crippen LogP contribution < -0.4 is 10.6 Å². The van der Waals surface area contributed by atoms with Crippen molar-refractivity contribution < 1.29 is 4.79 Å². The van der Waals surface area contributed by atoms with Crippen LogP contribution in [0.2, 0.25) is 0 Å². The molecular formula is C15H18N8O. The number of aryl methyl sites for hydroxylation is 2. The monoisotopic (exact) mass is 326 g/mol.